The third-order valence-electron chi connectivity index (χ3n) is 5.25. The molecular weight excluding hydrogens is 368 g/mol. The fraction of sp³-hybridized carbons (Fsp3) is 0.381. The molecule has 1 aliphatic rings. The summed E-state index contributed by atoms with van der Waals surface area (Å²) >= 11 is 0. The fourth-order valence-corrected chi connectivity index (χ4v) is 3.63. The second-order valence-corrected chi connectivity index (χ2v) is 7.32. The van der Waals surface area contributed by atoms with Crippen molar-refractivity contribution in [1.82, 2.24) is 29.3 Å². The van der Waals surface area contributed by atoms with E-state index in [-0.39, 0.29) is 18.1 Å². The van der Waals surface area contributed by atoms with Crippen LogP contribution in [0, 0.1) is 0 Å². The number of hydrogen-bond acceptors (Lipinski definition) is 5. The lowest BCUT2D eigenvalue weighted by molar-refractivity contribution is -0.121. The van der Waals surface area contributed by atoms with Gasteiger partial charge in [0, 0.05) is 52.0 Å². The second-order valence-electron chi connectivity index (χ2n) is 7.32. The third kappa shape index (κ3) is 4.90. The van der Waals surface area contributed by atoms with Crippen molar-refractivity contribution in [3.05, 3.63) is 70.8 Å². The second kappa shape index (κ2) is 9.02. The molecule has 2 aromatic heterocycles. The molecule has 4 rings (SSSR count). The van der Waals surface area contributed by atoms with E-state index in [0.29, 0.717) is 12.2 Å². The number of amides is 1. The van der Waals surface area contributed by atoms with E-state index in [1.165, 1.54) is 14.6 Å². The molecule has 1 saturated heterocycles. The molecule has 3 aromatic rings. The Labute approximate surface area is 169 Å². The first-order valence-corrected chi connectivity index (χ1v) is 9.98. The van der Waals surface area contributed by atoms with Gasteiger partial charge in [0.05, 0.1) is 0 Å². The number of aromatic nitrogens is 3. The average Bonchev–Trinajstić information content (AvgIpc) is 3.06. The number of benzene rings is 1. The van der Waals surface area contributed by atoms with Crippen molar-refractivity contribution in [2.75, 3.05) is 39.3 Å². The highest BCUT2D eigenvalue weighted by Crippen LogP contribution is 2.08. The molecule has 0 unspecified atom stereocenters. The molecule has 29 heavy (non-hydrogen) atoms. The van der Waals surface area contributed by atoms with Crippen LogP contribution in [0.4, 0.5) is 0 Å². The summed E-state index contributed by atoms with van der Waals surface area (Å²) in [6.07, 6.45) is 1.65. The number of pyridine rings is 1. The van der Waals surface area contributed by atoms with E-state index in [1.807, 2.05) is 12.1 Å². The third-order valence-corrected chi connectivity index (χ3v) is 5.25. The lowest BCUT2D eigenvalue weighted by Gasteiger charge is -2.34. The molecule has 0 spiro atoms. The molecule has 1 aromatic carbocycles. The first-order valence-electron chi connectivity index (χ1n) is 9.98. The van der Waals surface area contributed by atoms with Crippen LogP contribution in [-0.2, 0) is 17.9 Å². The standard InChI is InChI=1S/C21H26N6O2/c28-20(17-27-21(29)26-10-5-4-8-19(26)23-27)22-9-11-24-12-14-25(15-13-24)16-18-6-2-1-3-7-18/h1-8,10H,9,11-17H2,(H,22,28). The van der Waals surface area contributed by atoms with Gasteiger partial charge in [-0.1, -0.05) is 36.4 Å². The van der Waals surface area contributed by atoms with E-state index >= 15 is 0 Å². The Morgan fingerprint density at radius 3 is 2.45 bits per heavy atom. The van der Waals surface area contributed by atoms with Crippen molar-refractivity contribution in [1.29, 1.82) is 0 Å². The number of rotatable bonds is 7. The predicted molar refractivity (Wildman–Crippen MR) is 111 cm³/mol. The number of hydrogen-bond donors (Lipinski definition) is 1. The van der Waals surface area contributed by atoms with Crippen LogP contribution in [0.3, 0.4) is 0 Å². The largest absolute Gasteiger partial charge is 0.353 e. The van der Waals surface area contributed by atoms with Crippen molar-refractivity contribution in [2.24, 2.45) is 0 Å². The number of fused-ring (bicyclic) bond motifs is 1. The molecule has 8 heteroatoms. The monoisotopic (exact) mass is 394 g/mol. The zero-order valence-electron chi connectivity index (χ0n) is 16.4. The van der Waals surface area contributed by atoms with E-state index in [9.17, 15) is 9.59 Å². The van der Waals surface area contributed by atoms with E-state index < -0.39 is 0 Å². The van der Waals surface area contributed by atoms with Gasteiger partial charge in [-0.3, -0.25) is 19.0 Å². The first-order chi connectivity index (χ1) is 14.2. The van der Waals surface area contributed by atoms with Gasteiger partial charge in [0.2, 0.25) is 5.91 Å². The molecule has 0 radical (unpaired) electrons. The van der Waals surface area contributed by atoms with Gasteiger partial charge in [0.1, 0.15) is 6.54 Å². The van der Waals surface area contributed by atoms with Gasteiger partial charge >= 0.3 is 5.69 Å². The Hall–Kier alpha value is -2.97. The van der Waals surface area contributed by atoms with Crippen LogP contribution in [0.25, 0.3) is 5.65 Å². The molecule has 3 heterocycles. The van der Waals surface area contributed by atoms with Crippen LogP contribution in [0.1, 0.15) is 5.56 Å². The predicted octanol–water partition coefficient (Wildman–Crippen LogP) is 0.430. The average molecular weight is 394 g/mol. The molecule has 0 atom stereocenters. The maximum absolute atomic E-state index is 12.2. The SMILES string of the molecule is O=C(Cn1nc2ccccn2c1=O)NCCN1CCN(Cc2ccccc2)CC1. The van der Waals surface area contributed by atoms with Gasteiger partial charge in [-0.05, 0) is 17.7 Å². The van der Waals surface area contributed by atoms with E-state index in [0.717, 1.165) is 39.3 Å². The molecule has 0 aliphatic carbocycles. The molecule has 152 valence electrons. The normalized spacial score (nSPS) is 15.6. The van der Waals surface area contributed by atoms with Gasteiger partial charge < -0.3 is 5.32 Å². The van der Waals surface area contributed by atoms with E-state index in [1.54, 1.807) is 18.3 Å². The van der Waals surface area contributed by atoms with Crippen molar-refractivity contribution in [2.45, 2.75) is 13.1 Å². The first kappa shape index (κ1) is 19.4. The number of piperazine rings is 1. The van der Waals surface area contributed by atoms with Gasteiger partial charge in [-0.2, -0.15) is 0 Å². The van der Waals surface area contributed by atoms with Crippen LogP contribution >= 0.6 is 0 Å². The van der Waals surface area contributed by atoms with Crippen LogP contribution in [0.15, 0.2) is 59.5 Å². The smallest absolute Gasteiger partial charge is 0.350 e. The summed E-state index contributed by atoms with van der Waals surface area (Å²) < 4.78 is 2.63. The maximum Gasteiger partial charge on any atom is 0.350 e. The molecule has 8 nitrogen and oxygen atoms in total. The zero-order valence-corrected chi connectivity index (χ0v) is 16.4. The number of nitrogens with one attached hydrogen (secondary N) is 1. The minimum Gasteiger partial charge on any atom is -0.353 e. The molecule has 1 N–H and O–H groups in total. The molecule has 1 fully saturated rings. The summed E-state index contributed by atoms with van der Waals surface area (Å²) in [6.45, 7) is 6.34. The Kier molecular flexibility index (Phi) is 6.02. The molecule has 1 amide bonds. The Balaban J connectivity index is 1.18. The Bertz CT molecular complexity index is 1000. The number of carbonyl (C=O) groups is 1. The summed E-state index contributed by atoms with van der Waals surface area (Å²) in [7, 11) is 0. The van der Waals surface area contributed by atoms with E-state index in [4.69, 9.17) is 0 Å². The maximum atomic E-state index is 12.2. The number of nitrogens with zero attached hydrogens (tertiary/aromatic N) is 5. The van der Waals surface area contributed by atoms with Crippen LogP contribution < -0.4 is 11.0 Å². The molecule has 1 aliphatic heterocycles. The molecular formula is C21H26N6O2. The van der Waals surface area contributed by atoms with Crippen molar-refractivity contribution in [3.8, 4) is 0 Å². The lowest BCUT2D eigenvalue weighted by atomic mass is 10.2. The van der Waals surface area contributed by atoms with Crippen molar-refractivity contribution < 1.29 is 4.79 Å². The van der Waals surface area contributed by atoms with Crippen molar-refractivity contribution in [3.63, 3.8) is 0 Å². The van der Waals surface area contributed by atoms with Crippen LogP contribution in [-0.4, -0.2) is 69.2 Å². The minimum atomic E-state index is -0.301. The molecule has 0 bridgehead atoms. The van der Waals surface area contributed by atoms with Crippen molar-refractivity contribution >= 4 is 11.6 Å². The summed E-state index contributed by atoms with van der Waals surface area (Å²) in [6, 6.07) is 15.8. The lowest BCUT2D eigenvalue weighted by Crippen LogP contribution is -2.48. The Morgan fingerprint density at radius 2 is 1.69 bits per heavy atom. The summed E-state index contributed by atoms with van der Waals surface area (Å²) in [5.41, 5.74) is 1.58. The van der Waals surface area contributed by atoms with Crippen LogP contribution in [0.5, 0.6) is 0 Å². The Morgan fingerprint density at radius 1 is 0.966 bits per heavy atom. The number of carbonyl (C=O) groups excluding carboxylic acids is 1. The molecule has 0 saturated carbocycles. The van der Waals surface area contributed by atoms with Gasteiger partial charge in [0.25, 0.3) is 0 Å². The van der Waals surface area contributed by atoms with Gasteiger partial charge in [0.15, 0.2) is 5.65 Å². The highest BCUT2D eigenvalue weighted by atomic mass is 16.2. The topological polar surface area (TPSA) is 74.9 Å². The summed E-state index contributed by atoms with van der Waals surface area (Å²) in [5.74, 6) is -0.196. The summed E-state index contributed by atoms with van der Waals surface area (Å²) in [5, 5.41) is 7.08. The van der Waals surface area contributed by atoms with E-state index in [2.05, 4.69) is 44.5 Å². The van der Waals surface area contributed by atoms with Crippen LogP contribution in [0.2, 0.25) is 0 Å². The van der Waals surface area contributed by atoms with Gasteiger partial charge in [-0.25, -0.2) is 9.48 Å². The fourth-order valence-electron chi connectivity index (χ4n) is 3.63. The van der Waals surface area contributed by atoms with Gasteiger partial charge in [-0.15, -0.1) is 5.10 Å². The summed E-state index contributed by atoms with van der Waals surface area (Å²) in [4.78, 5) is 29.2. The minimum absolute atomic E-state index is 0.0641. The highest BCUT2D eigenvalue weighted by Gasteiger charge is 2.17. The quantitative estimate of drug-likeness (QED) is 0.629. The highest BCUT2D eigenvalue weighted by molar-refractivity contribution is 5.75. The zero-order chi connectivity index (χ0) is 20.1.